The third kappa shape index (κ3) is 2.59. The number of ether oxygens (including phenoxy) is 1. The monoisotopic (exact) mass is 349 g/mol. The Kier molecular flexibility index (Phi) is 4.53. The van der Waals surface area contributed by atoms with Crippen molar-refractivity contribution in [2.45, 2.75) is 18.5 Å². The van der Waals surface area contributed by atoms with E-state index in [1.54, 1.807) is 35.6 Å². The molecule has 4 nitrogen and oxygen atoms in total. The molecule has 0 saturated carbocycles. The number of hydrogen-bond donors (Lipinski definition) is 0. The van der Waals surface area contributed by atoms with Gasteiger partial charge in [0, 0.05) is 28.6 Å². The highest BCUT2D eigenvalue weighted by Crippen LogP contribution is 2.37. The zero-order valence-corrected chi connectivity index (χ0v) is 14.2. The number of benzene rings is 1. The predicted octanol–water partition coefficient (Wildman–Crippen LogP) is 3.03. The second-order valence-corrected chi connectivity index (χ2v) is 6.80. The Balaban J connectivity index is 2.12. The summed E-state index contributed by atoms with van der Waals surface area (Å²) in [6, 6.07) is 8.95. The smallest absolute Gasteiger partial charge is 0.338 e. The third-order valence-electron chi connectivity index (χ3n) is 4.26. The van der Waals surface area contributed by atoms with Crippen LogP contribution in [0.1, 0.15) is 16.0 Å². The molecule has 0 unspecified atom stereocenters. The molecule has 1 aliphatic heterocycles. The summed E-state index contributed by atoms with van der Waals surface area (Å²) in [7, 11) is 1.29. The van der Waals surface area contributed by atoms with Gasteiger partial charge in [0.15, 0.2) is 6.29 Å². The van der Waals surface area contributed by atoms with Crippen LogP contribution >= 0.6 is 22.9 Å². The van der Waals surface area contributed by atoms with Crippen LogP contribution in [0.5, 0.6) is 0 Å². The number of halogens is 1. The van der Waals surface area contributed by atoms with Gasteiger partial charge in [-0.3, -0.25) is 4.90 Å². The molecular formula is C17H16ClNO3S. The molecule has 120 valence electrons. The number of aldehydes is 1. The molecule has 0 fully saturated rings. The van der Waals surface area contributed by atoms with Crippen molar-refractivity contribution in [3.63, 3.8) is 0 Å². The lowest BCUT2D eigenvalue weighted by molar-refractivity contribution is -0.159. The molecule has 1 aromatic heterocycles. The van der Waals surface area contributed by atoms with Crippen molar-refractivity contribution in [1.82, 2.24) is 4.90 Å². The van der Waals surface area contributed by atoms with Crippen molar-refractivity contribution in [3.05, 3.63) is 56.7 Å². The van der Waals surface area contributed by atoms with Gasteiger partial charge in [0.1, 0.15) is 0 Å². The molecule has 0 saturated heterocycles. The number of carbonyl (C=O) groups excluding carboxylic acids is 2. The molecule has 0 spiro atoms. The highest BCUT2D eigenvalue weighted by Gasteiger charge is 2.49. The molecule has 0 amide bonds. The van der Waals surface area contributed by atoms with Crippen LogP contribution in [0.25, 0.3) is 0 Å². The zero-order valence-electron chi connectivity index (χ0n) is 12.6. The first kappa shape index (κ1) is 16.2. The first-order valence-electron chi connectivity index (χ1n) is 7.23. The maximum Gasteiger partial charge on any atom is 0.338 e. The molecule has 3 rings (SSSR count). The molecule has 23 heavy (non-hydrogen) atoms. The minimum Gasteiger partial charge on any atom is -0.467 e. The Morgan fingerprint density at radius 3 is 2.87 bits per heavy atom. The number of hydrogen-bond acceptors (Lipinski definition) is 5. The number of rotatable bonds is 4. The molecule has 0 radical (unpaired) electrons. The van der Waals surface area contributed by atoms with E-state index in [0.29, 0.717) is 30.0 Å². The molecule has 2 heterocycles. The van der Waals surface area contributed by atoms with E-state index in [1.807, 2.05) is 16.3 Å². The van der Waals surface area contributed by atoms with Gasteiger partial charge in [-0.15, -0.1) is 11.3 Å². The quantitative estimate of drug-likeness (QED) is 0.483. The first-order chi connectivity index (χ1) is 11.1. The molecule has 0 aliphatic carbocycles. The lowest BCUT2D eigenvalue weighted by Crippen LogP contribution is -2.55. The van der Waals surface area contributed by atoms with E-state index in [-0.39, 0.29) is 0 Å². The average Bonchev–Trinajstić information content (AvgIpc) is 3.05. The minimum absolute atomic E-state index is 0.376. The number of thiophene rings is 1. The fourth-order valence-electron chi connectivity index (χ4n) is 3.07. The van der Waals surface area contributed by atoms with Gasteiger partial charge < -0.3 is 9.53 Å². The Labute approximate surface area is 143 Å². The van der Waals surface area contributed by atoms with Crippen LogP contribution in [-0.2, 0) is 32.8 Å². The first-order valence-corrected chi connectivity index (χ1v) is 8.49. The second kappa shape index (κ2) is 6.43. The van der Waals surface area contributed by atoms with Gasteiger partial charge in [-0.25, -0.2) is 4.79 Å². The standard InChI is InChI=1S/C17H16ClNO3S/c1-22-16(21)17(11-20,13-4-2-3-5-14(13)18)19-8-6-15-12(10-19)7-9-23-15/h2-5,7,9,11H,6,8,10H2,1H3/t17-/m1/s1. The van der Waals surface area contributed by atoms with E-state index in [1.165, 1.54) is 12.0 Å². The van der Waals surface area contributed by atoms with E-state index in [0.717, 1.165) is 12.0 Å². The van der Waals surface area contributed by atoms with E-state index in [2.05, 4.69) is 0 Å². The van der Waals surface area contributed by atoms with Crippen LogP contribution in [0.3, 0.4) is 0 Å². The molecule has 1 aromatic carbocycles. The number of carbonyl (C=O) groups is 2. The Hall–Kier alpha value is -1.69. The zero-order chi connectivity index (χ0) is 16.4. The van der Waals surface area contributed by atoms with Gasteiger partial charge in [0.05, 0.1) is 7.11 Å². The van der Waals surface area contributed by atoms with Crippen LogP contribution in [0.4, 0.5) is 0 Å². The van der Waals surface area contributed by atoms with Gasteiger partial charge in [-0.2, -0.15) is 0 Å². The summed E-state index contributed by atoms with van der Waals surface area (Å²) in [6.07, 6.45) is 1.45. The van der Waals surface area contributed by atoms with Crippen molar-refractivity contribution in [3.8, 4) is 0 Å². The van der Waals surface area contributed by atoms with Crippen molar-refractivity contribution in [2.75, 3.05) is 13.7 Å². The Morgan fingerprint density at radius 2 is 2.17 bits per heavy atom. The van der Waals surface area contributed by atoms with Crippen LogP contribution in [0.15, 0.2) is 35.7 Å². The SMILES string of the molecule is COC(=O)[C@@](C=O)(c1ccccc1Cl)N1CCc2sccc2C1. The Morgan fingerprint density at radius 1 is 1.39 bits per heavy atom. The summed E-state index contributed by atoms with van der Waals surface area (Å²) < 4.78 is 4.97. The van der Waals surface area contributed by atoms with E-state index in [9.17, 15) is 9.59 Å². The van der Waals surface area contributed by atoms with Gasteiger partial charge in [0.25, 0.3) is 0 Å². The van der Waals surface area contributed by atoms with Crippen molar-refractivity contribution in [1.29, 1.82) is 0 Å². The fourth-order valence-corrected chi connectivity index (χ4v) is 4.24. The highest BCUT2D eigenvalue weighted by atomic mass is 35.5. The van der Waals surface area contributed by atoms with E-state index < -0.39 is 11.5 Å². The lowest BCUT2D eigenvalue weighted by Gasteiger charge is -2.40. The molecule has 2 aromatic rings. The fraction of sp³-hybridized carbons (Fsp3) is 0.294. The van der Waals surface area contributed by atoms with Crippen LogP contribution < -0.4 is 0 Å². The van der Waals surface area contributed by atoms with E-state index >= 15 is 0 Å². The third-order valence-corrected chi connectivity index (χ3v) is 5.61. The second-order valence-electron chi connectivity index (χ2n) is 5.40. The number of nitrogens with zero attached hydrogens (tertiary/aromatic N) is 1. The maximum absolute atomic E-state index is 12.6. The summed E-state index contributed by atoms with van der Waals surface area (Å²) in [5.41, 5.74) is 0.0813. The topological polar surface area (TPSA) is 46.6 Å². The molecule has 0 N–H and O–H groups in total. The van der Waals surface area contributed by atoms with Crippen molar-refractivity contribution in [2.24, 2.45) is 0 Å². The van der Waals surface area contributed by atoms with E-state index in [4.69, 9.17) is 16.3 Å². The predicted molar refractivity (Wildman–Crippen MR) is 89.6 cm³/mol. The summed E-state index contributed by atoms with van der Waals surface area (Å²) >= 11 is 8.00. The van der Waals surface area contributed by atoms with Gasteiger partial charge in [-0.1, -0.05) is 29.8 Å². The average molecular weight is 350 g/mol. The van der Waals surface area contributed by atoms with Crippen molar-refractivity contribution >= 4 is 35.2 Å². The molecule has 6 heteroatoms. The molecule has 1 aliphatic rings. The molecule has 1 atom stereocenters. The normalized spacial score (nSPS) is 17.1. The van der Waals surface area contributed by atoms with Gasteiger partial charge in [0.2, 0.25) is 5.54 Å². The Bertz CT molecular complexity index is 745. The van der Waals surface area contributed by atoms with Gasteiger partial charge >= 0.3 is 5.97 Å². The highest BCUT2D eigenvalue weighted by molar-refractivity contribution is 7.10. The van der Waals surface area contributed by atoms with Crippen LogP contribution in [0, 0.1) is 0 Å². The molecular weight excluding hydrogens is 334 g/mol. The number of fused-ring (bicyclic) bond motifs is 1. The summed E-state index contributed by atoms with van der Waals surface area (Å²) in [6.45, 7) is 1.10. The van der Waals surface area contributed by atoms with Gasteiger partial charge in [-0.05, 0) is 29.5 Å². The molecule has 0 bridgehead atoms. The lowest BCUT2D eigenvalue weighted by atomic mass is 9.87. The minimum atomic E-state index is -1.52. The maximum atomic E-state index is 12.6. The summed E-state index contributed by atoms with van der Waals surface area (Å²) in [5.74, 6) is -0.612. The van der Waals surface area contributed by atoms with Crippen LogP contribution in [0.2, 0.25) is 5.02 Å². The van der Waals surface area contributed by atoms with Crippen molar-refractivity contribution < 1.29 is 14.3 Å². The van der Waals surface area contributed by atoms with Crippen LogP contribution in [-0.4, -0.2) is 30.8 Å². The number of methoxy groups -OCH3 is 1. The number of esters is 1. The largest absolute Gasteiger partial charge is 0.467 e. The summed E-state index contributed by atoms with van der Waals surface area (Å²) in [5, 5.41) is 2.41. The summed E-state index contributed by atoms with van der Waals surface area (Å²) in [4.78, 5) is 27.9.